The number of hydrogen-bond acceptors (Lipinski definition) is 5. The predicted molar refractivity (Wildman–Crippen MR) is 126 cm³/mol. The van der Waals surface area contributed by atoms with Crippen LogP contribution in [-0.4, -0.2) is 26.8 Å². The Balaban J connectivity index is 1.66. The average Bonchev–Trinajstić information content (AvgIpc) is 2.73. The maximum absolute atomic E-state index is 10.2. The number of fused-ring (bicyclic) bond motifs is 1. The van der Waals surface area contributed by atoms with E-state index in [0.29, 0.717) is 19.8 Å². The molecule has 0 spiro atoms. The molecule has 150 valence electrons. The molecule has 0 bridgehead atoms. The van der Waals surface area contributed by atoms with Crippen molar-refractivity contribution in [3.8, 4) is 22.8 Å². The van der Waals surface area contributed by atoms with Crippen LogP contribution in [0.1, 0.15) is 11.1 Å². The molecule has 3 N–H and O–H groups in total. The highest BCUT2D eigenvalue weighted by Crippen LogP contribution is 2.33. The lowest BCUT2D eigenvalue weighted by Gasteiger charge is -2.15. The summed E-state index contributed by atoms with van der Waals surface area (Å²) in [4.78, 5) is 8.78. The molecular formula is C24H22N3O2P. The lowest BCUT2D eigenvalue weighted by Crippen LogP contribution is -2.09. The molecule has 0 saturated heterocycles. The van der Waals surface area contributed by atoms with Crippen LogP contribution in [0.2, 0.25) is 0 Å². The molecule has 0 amide bonds. The summed E-state index contributed by atoms with van der Waals surface area (Å²) < 4.78 is 0. The van der Waals surface area contributed by atoms with Crippen molar-refractivity contribution in [1.82, 2.24) is 9.97 Å². The third-order valence-electron chi connectivity index (χ3n) is 4.99. The van der Waals surface area contributed by atoms with Gasteiger partial charge in [-0.3, -0.25) is 4.98 Å². The van der Waals surface area contributed by atoms with Crippen molar-refractivity contribution >= 4 is 36.2 Å². The molecule has 1 unspecified atom stereocenters. The topological polar surface area (TPSA) is 78.3 Å². The zero-order valence-corrected chi connectivity index (χ0v) is 17.8. The first-order chi connectivity index (χ1) is 14.5. The van der Waals surface area contributed by atoms with Crippen LogP contribution in [0, 0.1) is 6.92 Å². The second-order valence-corrected chi connectivity index (χ2v) is 8.05. The molecule has 2 heterocycles. The monoisotopic (exact) mass is 415 g/mol. The van der Waals surface area contributed by atoms with Gasteiger partial charge in [-0.1, -0.05) is 33.4 Å². The highest BCUT2D eigenvalue weighted by molar-refractivity contribution is 7.46. The molecule has 30 heavy (non-hydrogen) atoms. The second-order valence-electron chi connectivity index (χ2n) is 7.01. The minimum absolute atomic E-state index is 0.115. The Morgan fingerprint density at radius 3 is 2.63 bits per heavy atom. The highest BCUT2D eigenvalue weighted by atomic mass is 31.1. The maximum atomic E-state index is 10.2. The molecular weight excluding hydrogens is 393 g/mol. The average molecular weight is 415 g/mol. The fourth-order valence-corrected chi connectivity index (χ4v) is 4.25. The largest absolute Gasteiger partial charge is 0.507 e. The number of aromatic nitrogens is 2. The van der Waals surface area contributed by atoms with Gasteiger partial charge in [-0.15, -0.1) is 0 Å². The number of benzene rings is 2. The Morgan fingerprint density at radius 1 is 1.03 bits per heavy atom. The van der Waals surface area contributed by atoms with Crippen LogP contribution >= 0.6 is 8.58 Å². The fraction of sp³-hybridized carbons (Fsp3) is 0.0833. The van der Waals surface area contributed by atoms with E-state index in [9.17, 15) is 10.2 Å². The van der Waals surface area contributed by atoms with Crippen LogP contribution in [-0.2, 0) is 0 Å². The molecule has 0 saturated carbocycles. The lowest BCUT2D eigenvalue weighted by molar-refractivity contribution is 0.471. The van der Waals surface area contributed by atoms with Crippen LogP contribution in [0.25, 0.3) is 27.9 Å². The summed E-state index contributed by atoms with van der Waals surface area (Å²) in [6.07, 6.45) is 3.19. The smallest absolute Gasteiger partial charge is 0.143 e. The van der Waals surface area contributed by atoms with E-state index < -0.39 is 0 Å². The molecule has 0 fully saturated rings. The van der Waals surface area contributed by atoms with Crippen molar-refractivity contribution < 1.29 is 10.2 Å². The van der Waals surface area contributed by atoms with Gasteiger partial charge in [0.2, 0.25) is 0 Å². The summed E-state index contributed by atoms with van der Waals surface area (Å²) in [6.45, 7) is 8.10. The number of aromatic hydroxyl groups is 2. The number of anilines is 1. The first kappa shape index (κ1) is 19.9. The molecule has 0 radical (unpaired) electrons. The van der Waals surface area contributed by atoms with E-state index in [1.807, 2.05) is 56.1 Å². The van der Waals surface area contributed by atoms with Gasteiger partial charge in [0.1, 0.15) is 11.5 Å². The molecule has 4 aromatic rings. The maximum Gasteiger partial charge on any atom is 0.143 e. The van der Waals surface area contributed by atoms with Gasteiger partial charge < -0.3 is 15.5 Å². The molecule has 5 nitrogen and oxygen atoms in total. The van der Waals surface area contributed by atoms with Gasteiger partial charge in [-0.05, 0) is 49.5 Å². The number of hydrogen-bond donors (Lipinski definition) is 3. The number of nitrogens with one attached hydrogen (secondary N) is 1. The number of aryl methyl sites for hydroxylation is 1. The summed E-state index contributed by atoms with van der Waals surface area (Å²) in [5, 5.41) is 25.7. The van der Waals surface area contributed by atoms with Crippen molar-refractivity contribution in [3.63, 3.8) is 0 Å². The SMILES string of the molecule is C=C(Nc1ccc2nc(-c3c(C)cccc3O)ccc2c1)c1c(O)cncc1PC. The van der Waals surface area contributed by atoms with E-state index in [-0.39, 0.29) is 11.5 Å². The first-order valence-corrected chi connectivity index (χ1v) is 11.0. The summed E-state index contributed by atoms with van der Waals surface area (Å²) in [6, 6.07) is 15.2. The summed E-state index contributed by atoms with van der Waals surface area (Å²) in [5.41, 5.74) is 5.44. The molecule has 0 aliphatic carbocycles. The van der Waals surface area contributed by atoms with E-state index in [4.69, 9.17) is 4.98 Å². The first-order valence-electron chi connectivity index (χ1n) is 9.48. The Morgan fingerprint density at radius 2 is 1.87 bits per heavy atom. The van der Waals surface area contributed by atoms with Crippen LogP contribution in [0.15, 0.2) is 67.5 Å². The number of phenols is 1. The van der Waals surface area contributed by atoms with Gasteiger partial charge in [0.15, 0.2) is 0 Å². The predicted octanol–water partition coefficient (Wildman–Crippen LogP) is 5.03. The standard InChI is InChI=1S/C24H22N3O2P/c1-14-5-4-6-20(28)23(14)19-9-7-16-11-17(8-10-18(16)27-19)26-15(2)24-21(29)12-25-13-22(24)30-3/h4-13,26,28-30H,2H2,1,3H3. The third kappa shape index (κ3) is 3.72. The second kappa shape index (κ2) is 8.13. The van der Waals surface area contributed by atoms with E-state index in [2.05, 4.69) is 16.9 Å². The minimum Gasteiger partial charge on any atom is -0.507 e. The summed E-state index contributed by atoms with van der Waals surface area (Å²) in [7, 11) is 0.492. The van der Waals surface area contributed by atoms with Crippen molar-refractivity contribution in [3.05, 3.63) is 78.6 Å². The summed E-state index contributed by atoms with van der Waals surface area (Å²) >= 11 is 0. The zero-order valence-electron chi connectivity index (χ0n) is 16.8. The number of phenolic OH excluding ortho intramolecular Hbond substituents is 1. The van der Waals surface area contributed by atoms with Crippen molar-refractivity contribution in [1.29, 1.82) is 0 Å². The molecule has 0 aliphatic heterocycles. The van der Waals surface area contributed by atoms with Crippen molar-refractivity contribution in [2.24, 2.45) is 0 Å². The van der Waals surface area contributed by atoms with E-state index in [1.165, 1.54) is 6.20 Å². The van der Waals surface area contributed by atoms with Crippen molar-refractivity contribution in [2.45, 2.75) is 6.92 Å². The van der Waals surface area contributed by atoms with Crippen molar-refractivity contribution in [2.75, 3.05) is 12.0 Å². The molecule has 2 aromatic carbocycles. The van der Waals surface area contributed by atoms with Gasteiger partial charge in [-0.2, -0.15) is 0 Å². The Kier molecular flexibility index (Phi) is 5.39. The zero-order chi connectivity index (χ0) is 21.3. The van der Waals surface area contributed by atoms with Gasteiger partial charge >= 0.3 is 0 Å². The number of nitrogens with zero attached hydrogens (tertiary/aromatic N) is 2. The van der Waals surface area contributed by atoms with Crippen LogP contribution in [0.4, 0.5) is 5.69 Å². The summed E-state index contributed by atoms with van der Waals surface area (Å²) in [5.74, 6) is 0.338. The molecule has 2 aromatic heterocycles. The molecule has 1 atom stereocenters. The highest BCUT2D eigenvalue weighted by Gasteiger charge is 2.13. The quantitative estimate of drug-likeness (QED) is 0.399. The molecule has 0 aliphatic rings. The third-order valence-corrected chi connectivity index (χ3v) is 5.91. The lowest BCUT2D eigenvalue weighted by atomic mass is 10.0. The Bertz CT molecular complexity index is 1250. The van der Waals surface area contributed by atoms with Gasteiger partial charge in [-0.25, -0.2) is 4.98 Å². The van der Waals surface area contributed by atoms with Gasteiger partial charge in [0, 0.05) is 39.4 Å². The number of pyridine rings is 2. The van der Waals surface area contributed by atoms with Crippen LogP contribution < -0.4 is 10.6 Å². The van der Waals surface area contributed by atoms with E-state index in [0.717, 1.165) is 38.7 Å². The van der Waals surface area contributed by atoms with Gasteiger partial charge in [0.05, 0.1) is 17.4 Å². The minimum atomic E-state index is 0.115. The Labute approximate surface area is 176 Å². The van der Waals surface area contributed by atoms with E-state index >= 15 is 0 Å². The normalized spacial score (nSPS) is 11.3. The molecule has 4 rings (SSSR count). The number of rotatable bonds is 5. The van der Waals surface area contributed by atoms with Gasteiger partial charge in [0.25, 0.3) is 0 Å². The van der Waals surface area contributed by atoms with Crippen LogP contribution in [0.3, 0.4) is 0 Å². The van der Waals surface area contributed by atoms with Crippen LogP contribution in [0.5, 0.6) is 11.5 Å². The molecule has 6 heteroatoms. The van der Waals surface area contributed by atoms with E-state index in [1.54, 1.807) is 12.3 Å². The Hall–Kier alpha value is -3.43. The fourth-order valence-electron chi connectivity index (χ4n) is 3.52.